The molecule has 0 bridgehead atoms. The zero-order valence-electron chi connectivity index (χ0n) is 66.4. The highest BCUT2D eigenvalue weighted by molar-refractivity contribution is 7.45. The summed E-state index contributed by atoms with van der Waals surface area (Å²) in [5.41, 5.74) is 0. The van der Waals surface area contributed by atoms with E-state index < -0.39 is 32.5 Å². The van der Waals surface area contributed by atoms with Crippen molar-refractivity contribution >= 4 is 19.8 Å². The molecule has 0 radical (unpaired) electrons. The monoisotopic (exact) mass is 1450 g/mol. The van der Waals surface area contributed by atoms with Crippen molar-refractivity contribution in [2.45, 2.75) is 290 Å². The number of allylic oxidation sites excluding steroid dienone is 40. The summed E-state index contributed by atoms with van der Waals surface area (Å²) in [5.74, 6) is -0.897. The van der Waals surface area contributed by atoms with Crippen molar-refractivity contribution in [2.75, 3.05) is 47.5 Å². The second-order valence-corrected chi connectivity index (χ2v) is 28.7. The highest BCUT2D eigenvalue weighted by atomic mass is 31.2. The molecule has 0 aliphatic heterocycles. The Morgan fingerprint density at radius 3 is 0.788 bits per heavy atom. The van der Waals surface area contributed by atoms with Crippen molar-refractivity contribution in [2.24, 2.45) is 0 Å². The average Bonchev–Trinajstić information content (AvgIpc) is 0.915. The molecule has 10 heteroatoms. The lowest BCUT2D eigenvalue weighted by Crippen LogP contribution is -2.37. The first-order valence-electron chi connectivity index (χ1n) is 40.7. The Bertz CT molecular complexity index is 2670. The molecule has 0 aliphatic carbocycles. The van der Waals surface area contributed by atoms with Crippen LogP contribution in [0.2, 0.25) is 0 Å². The van der Waals surface area contributed by atoms with Crippen molar-refractivity contribution in [3.63, 3.8) is 0 Å². The maximum Gasteiger partial charge on any atom is 0.306 e. The van der Waals surface area contributed by atoms with Crippen LogP contribution in [0.5, 0.6) is 0 Å². The van der Waals surface area contributed by atoms with Crippen molar-refractivity contribution in [3.05, 3.63) is 243 Å². The van der Waals surface area contributed by atoms with Crippen LogP contribution in [-0.2, 0) is 32.7 Å². The van der Waals surface area contributed by atoms with E-state index in [9.17, 15) is 19.0 Å². The molecule has 0 saturated carbocycles. The lowest BCUT2D eigenvalue weighted by molar-refractivity contribution is -0.870. The highest BCUT2D eigenvalue weighted by Gasteiger charge is 2.22. The number of likely N-dealkylation sites (N-methyl/N-ethyl adjacent to an activating group) is 1. The van der Waals surface area contributed by atoms with Crippen LogP contribution in [0, 0.1) is 0 Å². The highest BCUT2D eigenvalue weighted by Crippen LogP contribution is 2.38. The van der Waals surface area contributed by atoms with E-state index in [4.69, 9.17) is 18.5 Å². The van der Waals surface area contributed by atoms with Crippen molar-refractivity contribution < 1.29 is 42.1 Å². The molecule has 104 heavy (non-hydrogen) atoms. The van der Waals surface area contributed by atoms with E-state index in [-0.39, 0.29) is 26.1 Å². The topological polar surface area (TPSA) is 111 Å². The maximum atomic E-state index is 12.9. The Morgan fingerprint density at radius 1 is 0.298 bits per heavy atom. The number of hydrogen-bond donors (Lipinski definition) is 0. The number of quaternary nitrogens is 1. The van der Waals surface area contributed by atoms with E-state index in [1.165, 1.54) is 83.5 Å². The second-order valence-electron chi connectivity index (χ2n) is 27.3. The number of esters is 2. The van der Waals surface area contributed by atoms with Gasteiger partial charge in [0.2, 0.25) is 0 Å². The summed E-state index contributed by atoms with van der Waals surface area (Å²) in [6.07, 6.45) is 131. The summed E-state index contributed by atoms with van der Waals surface area (Å²) in [6, 6.07) is 0. The first kappa shape index (κ1) is 97.8. The van der Waals surface area contributed by atoms with Crippen molar-refractivity contribution in [3.8, 4) is 0 Å². The van der Waals surface area contributed by atoms with E-state index in [2.05, 4.69) is 257 Å². The van der Waals surface area contributed by atoms with Gasteiger partial charge < -0.3 is 27.9 Å². The Morgan fingerprint density at radius 2 is 0.519 bits per heavy atom. The second kappa shape index (κ2) is 80.9. The van der Waals surface area contributed by atoms with Crippen molar-refractivity contribution in [1.82, 2.24) is 0 Å². The normalized spacial score (nSPS) is 14.3. The molecule has 0 amide bonds. The standard InChI is InChI=1S/C94H148NO8P/c1-6-8-10-12-14-16-18-20-22-24-26-28-30-32-34-36-38-40-42-44-46-47-49-50-52-54-56-58-60-62-64-66-68-70-72-74-76-78-80-82-84-86-93(96)100-90-92(91-102-104(98,99)101-89-88-95(3,4)5)103-94(97)87-85-83-81-79-77-75-73-71-69-67-65-63-61-59-57-55-53-51-48-45-43-41-39-37-35-33-31-29-27-25-23-21-19-17-15-13-11-9-7-2/h8-11,14-17,20-23,26-29,32-35,38-41,44-46,48-50,53,55,59,61,65,67,71,73,77,79,92H,6-7,12-13,18-19,24-25,30-31,36-37,42-43,47,51-52,54,56-58,60,62-64,66,68-70,72,74-76,78,80-91H2,1-5H3/b10-8-,11-9-,16-14-,17-15-,22-20-,23-21-,28-26-,29-27-,34-32-,35-33-,40-38-,41-39-,46-44-,48-45-,50-49-,55-53-,61-59-,67-65-,73-71-,79-77-. The summed E-state index contributed by atoms with van der Waals surface area (Å²) in [6.45, 7) is 3.94. The average molecular weight is 1450 g/mol. The zero-order valence-corrected chi connectivity index (χ0v) is 67.3. The van der Waals surface area contributed by atoms with Crippen LogP contribution in [0.3, 0.4) is 0 Å². The Kier molecular flexibility index (Phi) is 76.1. The predicted octanol–water partition coefficient (Wildman–Crippen LogP) is 27.2. The number of hydrogen-bond acceptors (Lipinski definition) is 8. The Balaban J connectivity index is 4.13. The van der Waals surface area contributed by atoms with Crippen LogP contribution in [-0.4, -0.2) is 70.0 Å². The third kappa shape index (κ3) is 84.7. The number of rotatable bonds is 72. The summed E-state index contributed by atoms with van der Waals surface area (Å²) < 4.78 is 34.3. The molecule has 0 aromatic rings. The molecule has 0 rings (SSSR count). The van der Waals surface area contributed by atoms with Gasteiger partial charge in [-0.05, 0) is 167 Å². The summed E-state index contributed by atoms with van der Waals surface area (Å²) in [7, 11) is 1.11. The molecule has 2 unspecified atom stereocenters. The number of nitrogens with zero attached hydrogens (tertiary/aromatic N) is 1. The fraction of sp³-hybridized carbons (Fsp3) is 0.553. The summed E-state index contributed by atoms with van der Waals surface area (Å²) in [5, 5.41) is 0. The third-order valence-electron chi connectivity index (χ3n) is 16.4. The van der Waals surface area contributed by atoms with Crippen LogP contribution in [0.4, 0.5) is 0 Å². The number of ether oxygens (including phenoxy) is 2. The molecule has 2 atom stereocenters. The van der Waals surface area contributed by atoms with Crippen LogP contribution >= 0.6 is 7.82 Å². The minimum atomic E-state index is -4.68. The van der Waals surface area contributed by atoms with E-state index >= 15 is 0 Å². The molecule has 0 aromatic carbocycles. The third-order valence-corrected chi connectivity index (χ3v) is 17.3. The van der Waals surface area contributed by atoms with E-state index in [0.717, 1.165) is 161 Å². The number of carbonyl (C=O) groups excluding carboxylic acids is 2. The molecule has 0 N–H and O–H groups in total. The lowest BCUT2D eigenvalue weighted by atomic mass is 10.0. The van der Waals surface area contributed by atoms with Gasteiger partial charge in [-0.3, -0.25) is 14.2 Å². The van der Waals surface area contributed by atoms with Crippen LogP contribution in [0.1, 0.15) is 284 Å². The van der Waals surface area contributed by atoms with Gasteiger partial charge in [0.05, 0.1) is 27.7 Å². The molecular formula is C94H148NO8P. The zero-order chi connectivity index (χ0) is 75.4. The SMILES string of the molecule is CC/C=C\C/C=C\C/C=C\C/C=C\C/C=C\C/C=C\C/C=C\C/C=C\C/C=C\C/C=C\C/C=C\C/C=C\CCCCC(=O)OC(COC(=O)CCCCCCCCCCCCCCCCCC/C=C\C/C=C\C/C=C\C/C=C\C/C=C\C/C=C\C/C=C\C/C=C\CC)COP(=O)([O-])OCC[N+](C)(C)C. The Labute approximate surface area is 638 Å². The lowest BCUT2D eigenvalue weighted by Gasteiger charge is -2.28. The van der Waals surface area contributed by atoms with Crippen LogP contribution in [0.15, 0.2) is 243 Å². The van der Waals surface area contributed by atoms with Gasteiger partial charge in [0, 0.05) is 12.8 Å². The molecule has 0 fully saturated rings. The fourth-order valence-electron chi connectivity index (χ4n) is 10.2. The van der Waals surface area contributed by atoms with Gasteiger partial charge in [-0.2, -0.15) is 0 Å². The van der Waals surface area contributed by atoms with E-state index in [0.29, 0.717) is 23.9 Å². The largest absolute Gasteiger partial charge is 0.756 e. The van der Waals surface area contributed by atoms with Gasteiger partial charge in [0.1, 0.15) is 19.8 Å². The number of phosphoric ester groups is 1. The molecule has 0 heterocycles. The van der Waals surface area contributed by atoms with Crippen LogP contribution < -0.4 is 4.89 Å². The van der Waals surface area contributed by atoms with Gasteiger partial charge >= 0.3 is 11.9 Å². The molecule has 0 spiro atoms. The molecule has 0 aromatic heterocycles. The first-order valence-corrected chi connectivity index (χ1v) is 42.2. The minimum Gasteiger partial charge on any atom is -0.756 e. The van der Waals surface area contributed by atoms with Gasteiger partial charge in [-0.15, -0.1) is 0 Å². The van der Waals surface area contributed by atoms with Gasteiger partial charge in [-0.1, -0.05) is 347 Å². The Hall–Kier alpha value is -6.19. The maximum absolute atomic E-state index is 12.9. The molecule has 0 aliphatic rings. The quantitative estimate of drug-likeness (QED) is 0.0195. The van der Waals surface area contributed by atoms with Crippen LogP contribution in [0.25, 0.3) is 0 Å². The van der Waals surface area contributed by atoms with E-state index in [1.54, 1.807) is 0 Å². The number of unbranched alkanes of at least 4 members (excludes halogenated alkanes) is 18. The van der Waals surface area contributed by atoms with E-state index in [1.807, 2.05) is 21.1 Å². The molecular weight excluding hydrogens is 1300 g/mol. The predicted molar refractivity (Wildman–Crippen MR) is 451 cm³/mol. The smallest absolute Gasteiger partial charge is 0.306 e. The fourth-order valence-corrected chi connectivity index (χ4v) is 11.0. The summed E-state index contributed by atoms with van der Waals surface area (Å²) in [4.78, 5) is 38.2. The first-order chi connectivity index (χ1) is 51.0. The molecule has 9 nitrogen and oxygen atoms in total. The molecule has 0 saturated heterocycles. The van der Waals surface area contributed by atoms with Gasteiger partial charge in [-0.25, -0.2) is 0 Å². The summed E-state index contributed by atoms with van der Waals surface area (Å²) >= 11 is 0. The number of phosphoric acid groups is 1. The number of carbonyl (C=O) groups is 2. The van der Waals surface area contributed by atoms with Gasteiger partial charge in [0.25, 0.3) is 7.82 Å². The molecule has 582 valence electrons. The van der Waals surface area contributed by atoms with Gasteiger partial charge in [0.15, 0.2) is 6.10 Å². The van der Waals surface area contributed by atoms with Crippen molar-refractivity contribution in [1.29, 1.82) is 0 Å². The minimum absolute atomic E-state index is 0.0510.